The van der Waals surface area contributed by atoms with Gasteiger partial charge in [0.25, 0.3) is 0 Å². The van der Waals surface area contributed by atoms with Crippen molar-refractivity contribution in [2.45, 2.75) is 33.2 Å². The number of rotatable bonds is 5. The van der Waals surface area contributed by atoms with Gasteiger partial charge < -0.3 is 20.3 Å². The van der Waals surface area contributed by atoms with Crippen LogP contribution in [0.4, 0.5) is 4.79 Å². The minimum Gasteiger partial charge on any atom is -0.447 e. The largest absolute Gasteiger partial charge is 0.447 e. The summed E-state index contributed by atoms with van der Waals surface area (Å²) in [5.74, 6) is 0. The Bertz CT molecular complexity index is 188. The summed E-state index contributed by atoms with van der Waals surface area (Å²) in [6, 6.07) is -0.145. The normalized spacial score (nSPS) is 13.4. The first-order chi connectivity index (χ1) is 6.91. The van der Waals surface area contributed by atoms with Crippen molar-refractivity contribution in [2.24, 2.45) is 5.41 Å². The number of nitrogens with one attached hydrogen (secondary N) is 1. The summed E-state index contributed by atoms with van der Waals surface area (Å²) in [6.07, 6.45) is -0.0741. The molecule has 0 aromatic rings. The summed E-state index contributed by atoms with van der Waals surface area (Å²) in [5.41, 5.74) is -0.138. The Morgan fingerprint density at radius 2 is 1.93 bits per heavy atom. The predicted molar refractivity (Wildman–Crippen MR) is 56.5 cm³/mol. The first-order valence-electron chi connectivity index (χ1n) is 5.06. The van der Waals surface area contributed by atoms with Crippen LogP contribution in [-0.4, -0.2) is 42.2 Å². The fourth-order valence-corrected chi connectivity index (χ4v) is 1.17. The van der Waals surface area contributed by atoms with Gasteiger partial charge in [-0.1, -0.05) is 20.8 Å². The van der Waals surface area contributed by atoms with Gasteiger partial charge in [0.05, 0.1) is 6.61 Å². The number of ether oxygens (including phenoxy) is 1. The number of aliphatic hydroxyl groups excluding tert-OH is 2. The van der Waals surface area contributed by atoms with E-state index in [9.17, 15) is 4.79 Å². The molecule has 0 saturated heterocycles. The lowest BCUT2D eigenvalue weighted by Crippen LogP contribution is -2.44. The lowest BCUT2D eigenvalue weighted by atomic mass is 9.85. The summed E-state index contributed by atoms with van der Waals surface area (Å²) >= 11 is 0. The predicted octanol–water partition coefficient (Wildman–Crippen LogP) is 0.502. The van der Waals surface area contributed by atoms with Crippen LogP contribution >= 0.6 is 0 Å². The van der Waals surface area contributed by atoms with E-state index in [2.05, 4.69) is 10.1 Å². The molecule has 1 unspecified atom stereocenters. The van der Waals surface area contributed by atoms with Gasteiger partial charge in [-0.25, -0.2) is 4.79 Å². The molecule has 0 aromatic carbocycles. The molecule has 0 radical (unpaired) electrons. The molecule has 3 N–H and O–H groups in total. The molecule has 0 bridgehead atoms. The third kappa shape index (κ3) is 6.30. The molecule has 1 atom stereocenters. The molecule has 0 spiro atoms. The number of carbonyl (C=O) groups is 1. The zero-order chi connectivity index (χ0) is 11.9. The van der Waals surface area contributed by atoms with E-state index in [0.717, 1.165) is 0 Å². The highest BCUT2D eigenvalue weighted by atomic mass is 16.6. The molecular formula is C10H21NO4. The molecule has 0 saturated carbocycles. The number of amides is 1. The second kappa shape index (κ2) is 6.63. The van der Waals surface area contributed by atoms with Crippen LogP contribution in [0, 0.1) is 5.41 Å². The molecule has 15 heavy (non-hydrogen) atoms. The van der Waals surface area contributed by atoms with Crippen LogP contribution < -0.4 is 5.32 Å². The third-order valence-corrected chi connectivity index (χ3v) is 2.08. The molecule has 1 amide bonds. The summed E-state index contributed by atoms with van der Waals surface area (Å²) in [7, 11) is 0. The molecule has 0 aliphatic carbocycles. The number of hydrogen-bond donors (Lipinski definition) is 3. The van der Waals surface area contributed by atoms with Crippen molar-refractivity contribution in [1.82, 2.24) is 5.32 Å². The SMILES string of the molecule is CC(C)(C)C(CCO)NC(=O)OCCO. The maximum atomic E-state index is 11.2. The molecule has 0 aliphatic rings. The van der Waals surface area contributed by atoms with E-state index in [1.165, 1.54) is 0 Å². The Kier molecular flexibility index (Phi) is 6.27. The lowest BCUT2D eigenvalue weighted by Gasteiger charge is -2.30. The van der Waals surface area contributed by atoms with Gasteiger partial charge in [-0.2, -0.15) is 0 Å². The highest BCUT2D eigenvalue weighted by Crippen LogP contribution is 2.21. The number of alkyl carbamates (subject to hydrolysis) is 1. The van der Waals surface area contributed by atoms with Crippen molar-refractivity contribution in [2.75, 3.05) is 19.8 Å². The first kappa shape index (κ1) is 14.2. The van der Waals surface area contributed by atoms with Crippen LogP contribution in [-0.2, 0) is 4.74 Å². The van der Waals surface area contributed by atoms with Crippen LogP contribution in [0.5, 0.6) is 0 Å². The molecule has 0 heterocycles. The van der Waals surface area contributed by atoms with Crippen LogP contribution in [0.1, 0.15) is 27.2 Å². The first-order valence-corrected chi connectivity index (χ1v) is 5.06. The van der Waals surface area contributed by atoms with Crippen molar-refractivity contribution in [3.05, 3.63) is 0 Å². The topological polar surface area (TPSA) is 78.8 Å². The lowest BCUT2D eigenvalue weighted by molar-refractivity contribution is 0.105. The highest BCUT2D eigenvalue weighted by molar-refractivity contribution is 5.67. The van der Waals surface area contributed by atoms with Crippen molar-refractivity contribution < 1.29 is 19.7 Å². The molecule has 0 aromatic heterocycles. The van der Waals surface area contributed by atoms with E-state index in [0.29, 0.717) is 6.42 Å². The molecule has 0 rings (SSSR count). The fourth-order valence-electron chi connectivity index (χ4n) is 1.17. The third-order valence-electron chi connectivity index (χ3n) is 2.08. The maximum Gasteiger partial charge on any atom is 0.407 e. The molecule has 0 fully saturated rings. The van der Waals surface area contributed by atoms with Gasteiger partial charge in [0.1, 0.15) is 6.61 Å². The molecule has 0 aliphatic heterocycles. The monoisotopic (exact) mass is 219 g/mol. The van der Waals surface area contributed by atoms with Gasteiger partial charge in [0, 0.05) is 12.6 Å². The van der Waals surface area contributed by atoms with Crippen LogP contribution in [0.15, 0.2) is 0 Å². The number of aliphatic hydroxyl groups is 2. The Balaban J connectivity index is 4.11. The Morgan fingerprint density at radius 3 is 2.33 bits per heavy atom. The highest BCUT2D eigenvalue weighted by Gasteiger charge is 2.26. The minimum absolute atomic E-state index is 0.0121. The summed E-state index contributed by atoms with van der Waals surface area (Å²) in [5, 5.41) is 20.0. The average Bonchev–Trinajstić information content (AvgIpc) is 2.12. The van der Waals surface area contributed by atoms with E-state index >= 15 is 0 Å². The number of hydrogen-bond acceptors (Lipinski definition) is 4. The van der Waals surface area contributed by atoms with Gasteiger partial charge in [-0.15, -0.1) is 0 Å². The molecule has 5 heteroatoms. The number of carbonyl (C=O) groups excluding carboxylic acids is 1. The van der Waals surface area contributed by atoms with E-state index < -0.39 is 6.09 Å². The maximum absolute atomic E-state index is 11.2. The van der Waals surface area contributed by atoms with E-state index in [-0.39, 0.29) is 31.3 Å². The van der Waals surface area contributed by atoms with Gasteiger partial charge in [0.15, 0.2) is 0 Å². The van der Waals surface area contributed by atoms with Gasteiger partial charge in [-0.05, 0) is 11.8 Å². The smallest absolute Gasteiger partial charge is 0.407 e. The van der Waals surface area contributed by atoms with Gasteiger partial charge >= 0.3 is 6.09 Å². The molecular weight excluding hydrogens is 198 g/mol. The minimum atomic E-state index is -0.558. The average molecular weight is 219 g/mol. The molecule has 90 valence electrons. The quantitative estimate of drug-likeness (QED) is 0.629. The van der Waals surface area contributed by atoms with E-state index in [1.807, 2.05) is 20.8 Å². The standard InChI is InChI=1S/C10H21NO4/c1-10(2,3)8(4-5-12)11-9(14)15-7-6-13/h8,12-13H,4-7H2,1-3H3,(H,11,14). The molecule has 5 nitrogen and oxygen atoms in total. The van der Waals surface area contributed by atoms with Crippen LogP contribution in [0.25, 0.3) is 0 Å². The zero-order valence-electron chi connectivity index (χ0n) is 9.62. The van der Waals surface area contributed by atoms with Gasteiger partial charge in [0.2, 0.25) is 0 Å². The van der Waals surface area contributed by atoms with E-state index in [4.69, 9.17) is 10.2 Å². The zero-order valence-corrected chi connectivity index (χ0v) is 9.62. The Hall–Kier alpha value is -0.810. The van der Waals surface area contributed by atoms with Gasteiger partial charge in [-0.3, -0.25) is 0 Å². The Labute approximate surface area is 90.4 Å². The van der Waals surface area contributed by atoms with Crippen molar-refractivity contribution >= 4 is 6.09 Å². The van der Waals surface area contributed by atoms with Crippen molar-refractivity contribution in [3.8, 4) is 0 Å². The summed E-state index contributed by atoms with van der Waals surface area (Å²) in [4.78, 5) is 11.2. The summed E-state index contributed by atoms with van der Waals surface area (Å²) in [6.45, 7) is 5.73. The van der Waals surface area contributed by atoms with E-state index in [1.54, 1.807) is 0 Å². The Morgan fingerprint density at radius 1 is 1.33 bits per heavy atom. The summed E-state index contributed by atoms with van der Waals surface area (Å²) < 4.78 is 4.68. The van der Waals surface area contributed by atoms with Crippen LogP contribution in [0.3, 0.4) is 0 Å². The van der Waals surface area contributed by atoms with Crippen molar-refractivity contribution in [3.63, 3.8) is 0 Å². The second-order valence-corrected chi connectivity index (χ2v) is 4.43. The fraction of sp³-hybridized carbons (Fsp3) is 0.900. The second-order valence-electron chi connectivity index (χ2n) is 4.43. The van der Waals surface area contributed by atoms with Crippen molar-refractivity contribution in [1.29, 1.82) is 0 Å². The van der Waals surface area contributed by atoms with Crippen LogP contribution in [0.2, 0.25) is 0 Å².